The lowest BCUT2D eigenvalue weighted by molar-refractivity contribution is 0.0661. The van der Waals surface area contributed by atoms with Crippen molar-refractivity contribution in [3.8, 4) is 5.75 Å². The van der Waals surface area contributed by atoms with Crippen LogP contribution in [0.4, 0.5) is 0 Å². The van der Waals surface area contributed by atoms with Gasteiger partial charge in [-0.2, -0.15) is 0 Å². The van der Waals surface area contributed by atoms with E-state index in [1.165, 1.54) is 11.6 Å². The van der Waals surface area contributed by atoms with Crippen molar-refractivity contribution in [1.29, 1.82) is 0 Å². The van der Waals surface area contributed by atoms with Crippen molar-refractivity contribution >= 4 is 5.97 Å². The number of rotatable bonds is 5. The molecule has 0 fully saturated rings. The average Bonchev–Trinajstić information content (AvgIpc) is 2.78. The van der Waals surface area contributed by atoms with E-state index < -0.39 is 5.97 Å². The minimum atomic E-state index is -1.07. The van der Waals surface area contributed by atoms with Gasteiger partial charge in [-0.1, -0.05) is 19.1 Å². The first-order valence-corrected chi connectivity index (χ1v) is 6.14. The van der Waals surface area contributed by atoms with Crippen molar-refractivity contribution in [3.05, 3.63) is 53.0 Å². The van der Waals surface area contributed by atoms with Crippen LogP contribution < -0.4 is 4.74 Å². The fourth-order valence-electron chi connectivity index (χ4n) is 1.78. The molecule has 0 atom stereocenters. The number of carboxylic acid groups (broad SMARTS) is 1. The molecule has 4 heteroatoms. The van der Waals surface area contributed by atoms with E-state index in [0.717, 1.165) is 17.7 Å². The highest BCUT2D eigenvalue weighted by Gasteiger charge is 2.13. The van der Waals surface area contributed by atoms with Gasteiger partial charge in [0.15, 0.2) is 0 Å². The monoisotopic (exact) mass is 260 g/mol. The smallest absolute Gasteiger partial charge is 0.371 e. The topological polar surface area (TPSA) is 59.7 Å². The fraction of sp³-hybridized carbons (Fsp3) is 0.267. The lowest BCUT2D eigenvalue weighted by Crippen LogP contribution is -1.96. The maximum atomic E-state index is 10.8. The van der Waals surface area contributed by atoms with Crippen molar-refractivity contribution in [2.75, 3.05) is 0 Å². The van der Waals surface area contributed by atoms with E-state index >= 15 is 0 Å². The summed E-state index contributed by atoms with van der Waals surface area (Å²) in [5.41, 5.74) is 1.95. The third-order valence-corrected chi connectivity index (χ3v) is 2.93. The Morgan fingerprint density at radius 3 is 2.79 bits per heavy atom. The second kappa shape index (κ2) is 5.61. The predicted molar refractivity (Wildman–Crippen MR) is 70.6 cm³/mol. The number of benzene rings is 1. The number of ether oxygens (including phenoxy) is 1. The van der Waals surface area contributed by atoms with Crippen LogP contribution in [0.2, 0.25) is 0 Å². The summed E-state index contributed by atoms with van der Waals surface area (Å²) in [4.78, 5) is 10.8. The van der Waals surface area contributed by atoms with Crippen molar-refractivity contribution in [2.45, 2.75) is 26.9 Å². The van der Waals surface area contributed by atoms with E-state index in [-0.39, 0.29) is 5.76 Å². The molecule has 4 nitrogen and oxygen atoms in total. The van der Waals surface area contributed by atoms with Gasteiger partial charge < -0.3 is 14.3 Å². The van der Waals surface area contributed by atoms with Crippen molar-refractivity contribution in [3.63, 3.8) is 0 Å². The van der Waals surface area contributed by atoms with E-state index in [4.69, 9.17) is 14.3 Å². The molecule has 0 aliphatic heterocycles. The number of hydrogen-bond acceptors (Lipinski definition) is 3. The van der Waals surface area contributed by atoms with Crippen LogP contribution in [0.5, 0.6) is 5.75 Å². The molecule has 0 saturated carbocycles. The molecule has 2 aromatic rings. The highest BCUT2D eigenvalue weighted by atomic mass is 16.5. The van der Waals surface area contributed by atoms with Crippen LogP contribution in [0.15, 0.2) is 34.7 Å². The molecule has 19 heavy (non-hydrogen) atoms. The lowest BCUT2D eigenvalue weighted by atomic mass is 10.2. The third-order valence-electron chi connectivity index (χ3n) is 2.93. The molecule has 0 unspecified atom stereocenters. The second-order valence-electron chi connectivity index (χ2n) is 4.29. The Balaban J connectivity index is 2.07. The molecule has 1 N–H and O–H groups in total. The van der Waals surface area contributed by atoms with Crippen LogP contribution in [-0.2, 0) is 13.0 Å². The number of hydrogen-bond donors (Lipinski definition) is 1. The third kappa shape index (κ3) is 3.16. The van der Waals surface area contributed by atoms with Crippen molar-refractivity contribution in [1.82, 2.24) is 0 Å². The summed E-state index contributed by atoms with van der Waals surface area (Å²) in [6.45, 7) is 4.11. The normalized spacial score (nSPS) is 10.4. The van der Waals surface area contributed by atoms with Gasteiger partial charge in [-0.05, 0) is 37.1 Å². The Hall–Kier alpha value is -2.23. The highest BCUT2D eigenvalue weighted by Crippen LogP contribution is 2.19. The maximum absolute atomic E-state index is 10.8. The van der Waals surface area contributed by atoms with E-state index in [9.17, 15) is 4.79 Å². The van der Waals surface area contributed by atoms with Gasteiger partial charge in [-0.25, -0.2) is 4.79 Å². The predicted octanol–water partition coefficient (Wildman–Crippen LogP) is 3.43. The zero-order chi connectivity index (χ0) is 13.8. The van der Waals surface area contributed by atoms with Gasteiger partial charge in [-0.3, -0.25) is 0 Å². The van der Waals surface area contributed by atoms with E-state index in [1.807, 2.05) is 24.3 Å². The minimum absolute atomic E-state index is 0.0570. The number of aromatic carboxylic acids is 1. The van der Waals surface area contributed by atoms with Crippen LogP contribution in [0.3, 0.4) is 0 Å². The van der Waals surface area contributed by atoms with Gasteiger partial charge in [0, 0.05) is 5.56 Å². The molecule has 100 valence electrons. The molecule has 0 bridgehead atoms. The molecular formula is C15H16O4. The molecule has 1 heterocycles. The number of aryl methyl sites for hydroxylation is 2. The largest absolute Gasteiger partial charge is 0.489 e. The SMILES string of the molecule is CCc1cccc(OCc2cc(C(=O)O)oc2C)c1. The quantitative estimate of drug-likeness (QED) is 0.894. The van der Waals surface area contributed by atoms with Crippen LogP contribution >= 0.6 is 0 Å². The van der Waals surface area contributed by atoms with Gasteiger partial charge in [-0.15, -0.1) is 0 Å². The average molecular weight is 260 g/mol. The molecule has 1 aromatic carbocycles. The molecular weight excluding hydrogens is 244 g/mol. The molecule has 0 saturated heterocycles. The van der Waals surface area contributed by atoms with Gasteiger partial charge in [0.1, 0.15) is 18.1 Å². The van der Waals surface area contributed by atoms with Gasteiger partial charge in [0.2, 0.25) is 5.76 Å². The molecule has 2 rings (SSSR count). The Kier molecular flexibility index (Phi) is 3.90. The van der Waals surface area contributed by atoms with Crippen LogP contribution in [0, 0.1) is 6.92 Å². The minimum Gasteiger partial charge on any atom is -0.489 e. The first-order valence-electron chi connectivity index (χ1n) is 6.14. The summed E-state index contributed by atoms with van der Waals surface area (Å²) in [6, 6.07) is 9.35. The zero-order valence-electron chi connectivity index (χ0n) is 11.0. The van der Waals surface area contributed by atoms with Crippen LogP contribution in [0.1, 0.15) is 34.4 Å². The van der Waals surface area contributed by atoms with E-state index in [1.54, 1.807) is 6.92 Å². The van der Waals surface area contributed by atoms with Gasteiger partial charge in [0.25, 0.3) is 0 Å². The van der Waals surface area contributed by atoms with E-state index in [0.29, 0.717) is 12.4 Å². The van der Waals surface area contributed by atoms with Crippen molar-refractivity contribution in [2.24, 2.45) is 0 Å². The van der Waals surface area contributed by atoms with Crippen molar-refractivity contribution < 1.29 is 19.1 Å². The highest BCUT2D eigenvalue weighted by molar-refractivity contribution is 5.84. The summed E-state index contributed by atoms with van der Waals surface area (Å²) in [5.74, 6) is 0.224. The van der Waals surface area contributed by atoms with Gasteiger partial charge in [0.05, 0.1) is 0 Å². The molecule has 0 spiro atoms. The fourth-order valence-corrected chi connectivity index (χ4v) is 1.78. The first-order chi connectivity index (χ1) is 9.10. The summed E-state index contributed by atoms with van der Waals surface area (Å²) in [5, 5.41) is 8.84. The second-order valence-corrected chi connectivity index (χ2v) is 4.29. The Bertz CT molecular complexity index is 584. The van der Waals surface area contributed by atoms with Crippen LogP contribution in [-0.4, -0.2) is 11.1 Å². The molecule has 1 aromatic heterocycles. The number of carboxylic acids is 1. The molecule has 0 radical (unpaired) electrons. The molecule has 0 aliphatic carbocycles. The number of carbonyl (C=O) groups is 1. The number of furan rings is 1. The standard InChI is InChI=1S/C15H16O4/c1-3-11-5-4-6-13(7-11)18-9-12-8-14(15(16)17)19-10(12)2/h4-8H,3,9H2,1-2H3,(H,16,17). The Morgan fingerprint density at radius 1 is 1.37 bits per heavy atom. The zero-order valence-corrected chi connectivity index (χ0v) is 11.0. The van der Waals surface area contributed by atoms with Gasteiger partial charge >= 0.3 is 5.97 Å². The molecule has 0 amide bonds. The summed E-state index contributed by atoms with van der Waals surface area (Å²) in [7, 11) is 0. The lowest BCUT2D eigenvalue weighted by Gasteiger charge is -2.06. The summed E-state index contributed by atoms with van der Waals surface area (Å²) < 4.78 is 10.8. The Labute approximate surface area is 111 Å². The Morgan fingerprint density at radius 2 is 2.16 bits per heavy atom. The summed E-state index contributed by atoms with van der Waals surface area (Å²) in [6.07, 6.45) is 0.950. The van der Waals surface area contributed by atoms with Crippen LogP contribution in [0.25, 0.3) is 0 Å². The molecule has 0 aliphatic rings. The maximum Gasteiger partial charge on any atom is 0.371 e. The summed E-state index contributed by atoms with van der Waals surface area (Å²) >= 11 is 0. The van der Waals surface area contributed by atoms with E-state index in [2.05, 4.69) is 6.92 Å². The first kappa shape index (κ1) is 13.2.